The average molecular weight is 264 g/mol. The third-order valence-electron chi connectivity index (χ3n) is 3.73. The molecule has 0 bridgehead atoms. The van der Waals surface area contributed by atoms with Crippen LogP contribution in [0.2, 0.25) is 0 Å². The maximum Gasteiger partial charge on any atom is 0.276 e. The maximum atomic E-state index is 12.5. The van der Waals surface area contributed by atoms with Gasteiger partial charge in [0.05, 0.1) is 11.4 Å². The Bertz CT molecular complexity index is 419. The van der Waals surface area contributed by atoms with Crippen molar-refractivity contribution in [2.75, 3.05) is 18.8 Å². The first-order valence-electron chi connectivity index (χ1n) is 7.36. The summed E-state index contributed by atoms with van der Waals surface area (Å²) in [6.07, 6.45) is 7.70. The molecule has 2 heterocycles. The summed E-state index contributed by atoms with van der Waals surface area (Å²) in [6.45, 7) is 3.74. The molecule has 1 aromatic heterocycles. The quantitative estimate of drug-likeness (QED) is 0.880. The number of hydrogen-bond acceptors (Lipinski definition) is 3. The standard InChI is InChI=1S/C14H24N4O/c1-2-8-11-12(15)13(17-16-11)14(19)18-9-6-4-3-5-7-10-18/h2-10,15H2,1H3,(H,16,17). The number of carbonyl (C=O) groups excluding carboxylic acids is 1. The highest BCUT2D eigenvalue weighted by Crippen LogP contribution is 2.19. The molecular formula is C14H24N4O. The number of aryl methyl sites for hydroxylation is 1. The summed E-state index contributed by atoms with van der Waals surface area (Å²) in [6, 6.07) is 0. The minimum atomic E-state index is -0.0157. The van der Waals surface area contributed by atoms with E-state index in [0.29, 0.717) is 11.4 Å². The number of amides is 1. The summed E-state index contributed by atoms with van der Waals surface area (Å²) in [5.74, 6) is -0.0157. The summed E-state index contributed by atoms with van der Waals surface area (Å²) in [4.78, 5) is 14.4. The van der Waals surface area contributed by atoms with Gasteiger partial charge in [-0.2, -0.15) is 5.10 Å². The van der Waals surface area contributed by atoms with Gasteiger partial charge in [0.15, 0.2) is 5.69 Å². The smallest absolute Gasteiger partial charge is 0.276 e. The SMILES string of the molecule is CCCc1[nH]nc(C(=O)N2CCCCCCC2)c1N. The number of nitrogens with one attached hydrogen (secondary N) is 1. The van der Waals surface area contributed by atoms with Crippen molar-refractivity contribution in [1.29, 1.82) is 0 Å². The first-order chi connectivity index (χ1) is 9.24. The minimum Gasteiger partial charge on any atom is -0.395 e. The minimum absolute atomic E-state index is 0.0157. The predicted molar refractivity (Wildman–Crippen MR) is 76.0 cm³/mol. The lowest BCUT2D eigenvalue weighted by Gasteiger charge is -2.24. The zero-order valence-corrected chi connectivity index (χ0v) is 11.7. The second kappa shape index (κ2) is 6.59. The van der Waals surface area contributed by atoms with Crippen LogP contribution >= 0.6 is 0 Å². The zero-order chi connectivity index (χ0) is 13.7. The number of nitrogen functional groups attached to an aromatic ring is 1. The molecule has 1 aliphatic heterocycles. The number of hydrogen-bond donors (Lipinski definition) is 2. The van der Waals surface area contributed by atoms with Crippen molar-refractivity contribution >= 4 is 11.6 Å². The monoisotopic (exact) mass is 264 g/mol. The lowest BCUT2D eigenvalue weighted by Crippen LogP contribution is -2.34. The molecule has 2 rings (SSSR count). The second-order valence-corrected chi connectivity index (χ2v) is 5.27. The number of anilines is 1. The van der Waals surface area contributed by atoms with Crippen LogP contribution in [0.3, 0.4) is 0 Å². The largest absolute Gasteiger partial charge is 0.395 e. The van der Waals surface area contributed by atoms with E-state index >= 15 is 0 Å². The van der Waals surface area contributed by atoms with E-state index in [-0.39, 0.29) is 5.91 Å². The van der Waals surface area contributed by atoms with Crippen LogP contribution in [0.25, 0.3) is 0 Å². The molecule has 5 nitrogen and oxygen atoms in total. The van der Waals surface area contributed by atoms with Crippen molar-refractivity contribution in [2.24, 2.45) is 0 Å². The van der Waals surface area contributed by atoms with Crippen LogP contribution in [0.5, 0.6) is 0 Å². The topological polar surface area (TPSA) is 75.0 Å². The van der Waals surface area contributed by atoms with E-state index in [1.54, 1.807) is 0 Å². The molecule has 0 atom stereocenters. The molecule has 1 amide bonds. The van der Waals surface area contributed by atoms with E-state index in [9.17, 15) is 4.79 Å². The van der Waals surface area contributed by atoms with Crippen LogP contribution in [-0.2, 0) is 6.42 Å². The number of rotatable bonds is 3. The van der Waals surface area contributed by atoms with E-state index < -0.39 is 0 Å². The van der Waals surface area contributed by atoms with E-state index in [4.69, 9.17) is 5.73 Å². The number of aromatic nitrogens is 2. The molecule has 0 aromatic carbocycles. The van der Waals surface area contributed by atoms with Gasteiger partial charge in [-0.1, -0.05) is 32.6 Å². The second-order valence-electron chi connectivity index (χ2n) is 5.27. The van der Waals surface area contributed by atoms with Crippen LogP contribution in [0.4, 0.5) is 5.69 Å². The van der Waals surface area contributed by atoms with Crippen LogP contribution < -0.4 is 5.73 Å². The molecule has 1 aromatic rings. The molecule has 3 N–H and O–H groups in total. The molecule has 0 unspecified atom stereocenters. The first kappa shape index (κ1) is 13.9. The third-order valence-corrected chi connectivity index (χ3v) is 3.73. The van der Waals surface area contributed by atoms with Gasteiger partial charge in [-0.05, 0) is 19.3 Å². The van der Waals surface area contributed by atoms with Crippen LogP contribution in [-0.4, -0.2) is 34.1 Å². The Morgan fingerprint density at radius 2 is 1.89 bits per heavy atom. The summed E-state index contributed by atoms with van der Waals surface area (Å²) >= 11 is 0. The van der Waals surface area contributed by atoms with Crippen LogP contribution in [0, 0.1) is 0 Å². The van der Waals surface area contributed by atoms with Crippen molar-refractivity contribution in [3.63, 3.8) is 0 Å². The van der Waals surface area contributed by atoms with Gasteiger partial charge < -0.3 is 10.6 Å². The number of nitrogens with zero attached hydrogens (tertiary/aromatic N) is 2. The highest BCUT2D eigenvalue weighted by molar-refractivity contribution is 5.97. The van der Waals surface area contributed by atoms with Crippen molar-refractivity contribution in [3.8, 4) is 0 Å². The molecule has 0 aliphatic carbocycles. The van der Waals surface area contributed by atoms with Crippen molar-refractivity contribution in [1.82, 2.24) is 15.1 Å². The number of nitrogens with two attached hydrogens (primary N) is 1. The van der Waals surface area contributed by atoms with E-state index in [1.807, 2.05) is 4.90 Å². The number of carbonyl (C=O) groups is 1. The van der Waals surface area contributed by atoms with Gasteiger partial charge in [0.1, 0.15) is 0 Å². The van der Waals surface area contributed by atoms with E-state index in [0.717, 1.165) is 44.5 Å². The lowest BCUT2D eigenvalue weighted by atomic mass is 10.1. The number of aromatic amines is 1. The van der Waals surface area contributed by atoms with Gasteiger partial charge in [0, 0.05) is 13.1 Å². The Labute approximate surface area is 114 Å². The summed E-state index contributed by atoms with van der Waals surface area (Å²) < 4.78 is 0. The Kier molecular flexibility index (Phi) is 4.82. The zero-order valence-electron chi connectivity index (χ0n) is 11.7. The summed E-state index contributed by atoms with van der Waals surface area (Å²) in [5.41, 5.74) is 7.86. The number of likely N-dealkylation sites (tertiary alicyclic amines) is 1. The molecule has 19 heavy (non-hydrogen) atoms. The van der Waals surface area contributed by atoms with Gasteiger partial charge in [0.2, 0.25) is 0 Å². The lowest BCUT2D eigenvalue weighted by molar-refractivity contribution is 0.0737. The molecule has 1 fully saturated rings. The van der Waals surface area contributed by atoms with Crippen molar-refractivity contribution in [2.45, 2.75) is 51.9 Å². The van der Waals surface area contributed by atoms with E-state index in [1.165, 1.54) is 19.3 Å². The Morgan fingerprint density at radius 1 is 1.26 bits per heavy atom. The Hall–Kier alpha value is -1.52. The van der Waals surface area contributed by atoms with Gasteiger partial charge >= 0.3 is 0 Å². The maximum absolute atomic E-state index is 12.5. The van der Waals surface area contributed by atoms with Gasteiger partial charge in [0.25, 0.3) is 5.91 Å². The van der Waals surface area contributed by atoms with Crippen molar-refractivity contribution < 1.29 is 4.79 Å². The summed E-state index contributed by atoms with van der Waals surface area (Å²) in [5, 5.41) is 7.02. The molecule has 5 heteroatoms. The van der Waals surface area contributed by atoms with Crippen LogP contribution in [0.1, 0.15) is 61.6 Å². The van der Waals surface area contributed by atoms with Gasteiger partial charge in [-0.3, -0.25) is 9.89 Å². The highest BCUT2D eigenvalue weighted by Gasteiger charge is 2.22. The fraction of sp³-hybridized carbons (Fsp3) is 0.714. The molecule has 1 aliphatic rings. The van der Waals surface area contributed by atoms with Crippen molar-refractivity contribution in [3.05, 3.63) is 11.4 Å². The number of H-pyrrole nitrogens is 1. The summed E-state index contributed by atoms with van der Waals surface area (Å²) in [7, 11) is 0. The molecule has 0 radical (unpaired) electrons. The Balaban J connectivity index is 2.09. The molecule has 1 saturated heterocycles. The van der Waals surface area contributed by atoms with Crippen LogP contribution in [0.15, 0.2) is 0 Å². The molecule has 0 spiro atoms. The van der Waals surface area contributed by atoms with Gasteiger partial charge in [-0.25, -0.2) is 0 Å². The van der Waals surface area contributed by atoms with Gasteiger partial charge in [-0.15, -0.1) is 0 Å². The molecule has 106 valence electrons. The third kappa shape index (κ3) is 3.28. The fourth-order valence-electron chi connectivity index (χ4n) is 2.59. The Morgan fingerprint density at radius 3 is 2.53 bits per heavy atom. The molecular weight excluding hydrogens is 240 g/mol. The normalized spacial score (nSPS) is 17.0. The highest BCUT2D eigenvalue weighted by atomic mass is 16.2. The first-order valence-corrected chi connectivity index (χ1v) is 7.36. The predicted octanol–water partition coefficient (Wildman–Crippen LogP) is 2.35. The average Bonchev–Trinajstić information content (AvgIpc) is 2.71. The van der Waals surface area contributed by atoms with E-state index in [2.05, 4.69) is 17.1 Å². The fourth-order valence-corrected chi connectivity index (χ4v) is 2.59. The molecule has 0 saturated carbocycles.